The third kappa shape index (κ3) is 8.17. The summed E-state index contributed by atoms with van der Waals surface area (Å²) in [5, 5.41) is 15.8. The number of amides is 2. The highest BCUT2D eigenvalue weighted by Gasteiger charge is 2.19. The number of nitrogens with zero attached hydrogens (tertiary/aromatic N) is 1. The van der Waals surface area contributed by atoms with Crippen LogP contribution in [0.1, 0.15) is 32.8 Å². The van der Waals surface area contributed by atoms with Crippen molar-refractivity contribution < 1.29 is 28.8 Å². The molecule has 0 aliphatic carbocycles. The fourth-order valence-corrected chi connectivity index (χ4v) is 1.94. The lowest BCUT2D eigenvalue weighted by Crippen LogP contribution is -2.34. The standard InChI is InChI=1S/C17H23N3O7/c1-11-6-5-7-12(20(24)25)15(11)19-13(21)10-26-14(22)8-9-18-16(23)27-17(2,3)4/h5-7H,8-10H2,1-4H3,(H,18,23)(H,19,21). The van der Waals surface area contributed by atoms with Crippen LogP contribution in [0.3, 0.4) is 0 Å². The highest BCUT2D eigenvalue weighted by Crippen LogP contribution is 2.27. The van der Waals surface area contributed by atoms with Gasteiger partial charge in [0, 0.05) is 12.6 Å². The zero-order chi connectivity index (χ0) is 20.6. The van der Waals surface area contributed by atoms with E-state index in [0.717, 1.165) is 0 Å². The molecule has 27 heavy (non-hydrogen) atoms. The summed E-state index contributed by atoms with van der Waals surface area (Å²) in [5.74, 6) is -1.42. The molecular formula is C17H23N3O7. The van der Waals surface area contributed by atoms with E-state index >= 15 is 0 Å². The number of benzene rings is 1. The van der Waals surface area contributed by atoms with E-state index in [-0.39, 0.29) is 24.3 Å². The summed E-state index contributed by atoms with van der Waals surface area (Å²) in [6, 6.07) is 4.37. The van der Waals surface area contributed by atoms with Crippen molar-refractivity contribution in [3.05, 3.63) is 33.9 Å². The number of esters is 1. The molecule has 0 heterocycles. The Hall–Kier alpha value is -3.17. The van der Waals surface area contributed by atoms with Crippen LogP contribution in [-0.2, 0) is 19.1 Å². The van der Waals surface area contributed by atoms with Crippen molar-refractivity contribution in [2.45, 2.75) is 39.7 Å². The number of rotatable bonds is 7. The minimum Gasteiger partial charge on any atom is -0.456 e. The van der Waals surface area contributed by atoms with Crippen LogP contribution in [0.4, 0.5) is 16.2 Å². The number of para-hydroxylation sites is 1. The third-order valence-corrected chi connectivity index (χ3v) is 3.07. The first-order valence-electron chi connectivity index (χ1n) is 8.16. The maximum atomic E-state index is 11.9. The zero-order valence-corrected chi connectivity index (χ0v) is 15.7. The highest BCUT2D eigenvalue weighted by atomic mass is 16.6. The number of hydrogen-bond donors (Lipinski definition) is 2. The number of nitrogens with one attached hydrogen (secondary N) is 2. The summed E-state index contributed by atoms with van der Waals surface area (Å²) >= 11 is 0. The molecule has 2 N–H and O–H groups in total. The number of carbonyl (C=O) groups is 3. The maximum Gasteiger partial charge on any atom is 0.407 e. The first-order chi connectivity index (χ1) is 12.5. The molecule has 0 radical (unpaired) electrons. The smallest absolute Gasteiger partial charge is 0.407 e. The molecule has 148 valence electrons. The molecule has 0 fully saturated rings. The van der Waals surface area contributed by atoms with Gasteiger partial charge in [0.2, 0.25) is 0 Å². The van der Waals surface area contributed by atoms with Gasteiger partial charge in [0.25, 0.3) is 11.6 Å². The van der Waals surface area contributed by atoms with Gasteiger partial charge in [-0.1, -0.05) is 12.1 Å². The van der Waals surface area contributed by atoms with E-state index in [1.807, 2.05) is 0 Å². The lowest BCUT2D eigenvalue weighted by atomic mass is 10.1. The molecule has 0 aromatic heterocycles. The minimum absolute atomic E-state index is 0.0152. The van der Waals surface area contributed by atoms with Crippen molar-refractivity contribution in [3.8, 4) is 0 Å². The number of aryl methyl sites for hydroxylation is 1. The Morgan fingerprint density at radius 1 is 1.22 bits per heavy atom. The molecular weight excluding hydrogens is 358 g/mol. The molecule has 0 unspecified atom stereocenters. The summed E-state index contributed by atoms with van der Waals surface area (Å²) in [4.78, 5) is 45.3. The van der Waals surface area contributed by atoms with Gasteiger partial charge in [-0.3, -0.25) is 19.7 Å². The van der Waals surface area contributed by atoms with Crippen molar-refractivity contribution in [2.24, 2.45) is 0 Å². The maximum absolute atomic E-state index is 11.9. The SMILES string of the molecule is Cc1cccc([N+](=O)[O-])c1NC(=O)COC(=O)CCNC(=O)OC(C)(C)C. The lowest BCUT2D eigenvalue weighted by molar-refractivity contribution is -0.384. The number of alkyl carbamates (subject to hydrolysis) is 1. The Labute approximate surface area is 156 Å². The minimum atomic E-state index is -0.708. The van der Waals surface area contributed by atoms with Crippen LogP contribution in [0.2, 0.25) is 0 Å². The van der Waals surface area contributed by atoms with E-state index < -0.39 is 35.1 Å². The molecule has 0 saturated carbocycles. The number of nitro groups is 1. The van der Waals surface area contributed by atoms with Gasteiger partial charge < -0.3 is 20.1 Å². The molecule has 0 aliphatic rings. The molecule has 1 aromatic carbocycles. The van der Waals surface area contributed by atoms with Crippen molar-refractivity contribution in [1.29, 1.82) is 0 Å². The predicted molar refractivity (Wildman–Crippen MR) is 96.3 cm³/mol. The van der Waals surface area contributed by atoms with Crippen LogP contribution >= 0.6 is 0 Å². The van der Waals surface area contributed by atoms with Gasteiger partial charge in [0.15, 0.2) is 6.61 Å². The molecule has 0 bridgehead atoms. The quantitative estimate of drug-likeness (QED) is 0.420. The van der Waals surface area contributed by atoms with E-state index in [4.69, 9.17) is 9.47 Å². The van der Waals surface area contributed by atoms with E-state index in [1.54, 1.807) is 33.8 Å². The Bertz CT molecular complexity index is 726. The second-order valence-corrected chi connectivity index (χ2v) is 6.61. The van der Waals surface area contributed by atoms with Crippen molar-refractivity contribution >= 4 is 29.3 Å². The summed E-state index contributed by atoms with van der Waals surface area (Å²) in [6.45, 7) is 6.11. The summed E-state index contributed by atoms with van der Waals surface area (Å²) in [5.41, 5.74) is -0.349. The topological polar surface area (TPSA) is 137 Å². The molecule has 0 saturated heterocycles. The van der Waals surface area contributed by atoms with Gasteiger partial charge in [0.05, 0.1) is 11.3 Å². The van der Waals surface area contributed by atoms with E-state index in [0.29, 0.717) is 5.56 Å². The van der Waals surface area contributed by atoms with Crippen LogP contribution in [0.15, 0.2) is 18.2 Å². The first kappa shape index (κ1) is 21.9. The second-order valence-electron chi connectivity index (χ2n) is 6.61. The van der Waals surface area contributed by atoms with Crippen molar-refractivity contribution in [1.82, 2.24) is 5.32 Å². The van der Waals surface area contributed by atoms with Crippen LogP contribution < -0.4 is 10.6 Å². The van der Waals surface area contributed by atoms with Gasteiger partial charge >= 0.3 is 12.1 Å². The molecule has 1 rings (SSSR count). The average Bonchev–Trinajstić information content (AvgIpc) is 2.53. The lowest BCUT2D eigenvalue weighted by Gasteiger charge is -2.19. The second kappa shape index (κ2) is 9.51. The molecule has 10 nitrogen and oxygen atoms in total. The van der Waals surface area contributed by atoms with Crippen LogP contribution in [0.5, 0.6) is 0 Å². The summed E-state index contributed by atoms with van der Waals surface area (Å²) in [6.07, 6.45) is -0.822. The Morgan fingerprint density at radius 3 is 2.48 bits per heavy atom. The van der Waals surface area contributed by atoms with Crippen LogP contribution in [0.25, 0.3) is 0 Å². The van der Waals surface area contributed by atoms with Crippen LogP contribution in [0, 0.1) is 17.0 Å². The van der Waals surface area contributed by atoms with Gasteiger partial charge in [0.1, 0.15) is 11.3 Å². The molecule has 10 heteroatoms. The molecule has 0 aliphatic heterocycles. The van der Waals surface area contributed by atoms with Crippen LogP contribution in [-0.4, -0.2) is 41.6 Å². The van der Waals surface area contributed by atoms with Gasteiger partial charge in [-0.05, 0) is 33.3 Å². The van der Waals surface area contributed by atoms with Gasteiger partial charge in [-0.2, -0.15) is 0 Å². The molecule has 2 amide bonds. The van der Waals surface area contributed by atoms with Crippen molar-refractivity contribution in [3.63, 3.8) is 0 Å². The Balaban J connectivity index is 2.42. The number of ether oxygens (including phenoxy) is 2. The summed E-state index contributed by atoms with van der Waals surface area (Å²) in [7, 11) is 0. The predicted octanol–water partition coefficient (Wildman–Crippen LogP) is 2.30. The Kier molecular flexibility index (Phi) is 7.70. The first-order valence-corrected chi connectivity index (χ1v) is 8.16. The largest absolute Gasteiger partial charge is 0.456 e. The molecule has 1 aromatic rings. The number of carbonyl (C=O) groups excluding carboxylic acids is 3. The number of hydrogen-bond acceptors (Lipinski definition) is 7. The monoisotopic (exact) mass is 381 g/mol. The fraction of sp³-hybridized carbons (Fsp3) is 0.471. The summed E-state index contributed by atoms with van der Waals surface area (Å²) < 4.78 is 9.79. The molecule has 0 atom stereocenters. The van der Waals surface area contributed by atoms with E-state index in [1.165, 1.54) is 12.1 Å². The average molecular weight is 381 g/mol. The molecule has 0 spiro atoms. The fourth-order valence-electron chi connectivity index (χ4n) is 1.94. The third-order valence-electron chi connectivity index (χ3n) is 3.07. The normalized spacial score (nSPS) is 10.7. The van der Waals surface area contributed by atoms with Gasteiger partial charge in [-0.25, -0.2) is 4.79 Å². The van der Waals surface area contributed by atoms with E-state index in [9.17, 15) is 24.5 Å². The highest BCUT2D eigenvalue weighted by molar-refractivity contribution is 5.95. The van der Waals surface area contributed by atoms with E-state index in [2.05, 4.69) is 10.6 Å². The Morgan fingerprint density at radius 2 is 1.89 bits per heavy atom. The van der Waals surface area contributed by atoms with Gasteiger partial charge in [-0.15, -0.1) is 0 Å². The number of nitro benzene ring substituents is 1. The number of anilines is 1. The zero-order valence-electron chi connectivity index (χ0n) is 15.7. The van der Waals surface area contributed by atoms with Crippen molar-refractivity contribution in [2.75, 3.05) is 18.5 Å².